The van der Waals surface area contributed by atoms with Crippen LogP contribution in [0.4, 0.5) is 5.13 Å². The van der Waals surface area contributed by atoms with E-state index in [-0.39, 0.29) is 4.21 Å². The summed E-state index contributed by atoms with van der Waals surface area (Å²) in [5, 5.41) is 14.3. The molecule has 0 saturated heterocycles. The van der Waals surface area contributed by atoms with Gasteiger partial charge < -0.3 is 9.47 Å². The molecule has 2 aromatic rings. The van der Waals surface area contributed by atoms with E-state index in [4.69, 9.17) is 5.14 Å². The predicted molar refractivity (Wildman–Crippen MR) is 76.5 cm³/mol. The maximum atomic E-state index is 11.3. The van der Waals surface area contributed by atoms with Crippen molar-refractivity contribution in [2.75, 3.05) is 11.4 Å². The minimum absolute atomic E-state index is 0.0863. The van der Waals surface area contributed by atoms with Crippen molar-refractivity contribution < 1.29 is 8.42 Å². The van der Waals surface area contributed by atoms with E-state index in [1.165, 1.54) is 19.0 Å². The molecule has 112 valence electrons. The van der Waals surface area contributed by atoms with E-state index < -0.39 is 10.0 Å². The Labute approximate surface area is 125 Å². The summed E-state index contributed by atoms with van der Waals surface area (Å²) in [5.74, 6) is 2.58. The summed E-state index contributed by atoms with van der Waals surface area (Å²) < 4.78 is 24.9. The highest BCUT2D eigenvalue weighted by Crippen LogP contribution is 2.40. The number of aromatic nitrogens is 4. The van der Waals surface area contributed by atoms with E-state index >= 15 is 0 Å². The number of fused-ring (bicyclic) bond motifs is 1. The lowest BCUT2D eigenvalue weighted by atomic mass is 10.3. The maximum Gasteiger partial charge on any atom is 0.249 e. The molecule has 3 heterocycles. The van der Waals surface area contributed by atoms with E-state index in [9.17, 15) is 8.42 Å². The number of thiazole rings is 1. The number of rotatable bonds is 3. The molecule has 4 rings (SSSR count). The van der Waals surface area contributed by atoms with Crippen molar-refractivity contribution in [1.29, 1.82) is 0 Å². The molecule has 2 N–H and O–H groups in total. The molecular formula is C11H14N6O2S2. The topological polar surface area (TPSA) is 107 Å². The van der Waals surface area contributed by atoms with E-state index in [2.05, 4.69) is 19.7 Å². The number of hydrogen-bond donors (Lipinski definition) is 1. The Kier molecular flexibility index (Phi) is 2.81. The molecule has 1 saturated carbocycles. The quantitative estimate of drug-likeness (QED) is 0.868. The minimum Gasteiger partial charge on any atom is -0.339 e. The zero-order valence-corrected chi connectivity index (χ0v) is 12.8. The molecule has 0 aromatic carbocycles. The summed E-state index contributed by atoms with van der Waals surface area (Å²) in [6.45, 7) is 2.16. The smallest absolute Gasteiger partial charge is 0.249 e. The number of hydrogen-bond acceptors (Lipinski definition) is 7. The Bertz CT molecular complexity index is 791. The van der Waals surface area contributed by atoms with Crippen molar-refractivity contribution in [3.8, 4) is 0 Å². The molecular weight excluding hydrogens is 312 g/mol. The molecule has 0 radical (unpaired) electrons. The third-order valence-electron chi connectivity index (χ3n) is 3.75. The zero-order valence-electron chi connectivity index (χ0n) is 11.1. The van der Waals surface area contributed by atoms with Crippen LogP contribution >= 0.6 is 11.3 Å². The lowest BCUT2D eigenvalue weighted by Gasteiger charge is -2.27. The van der Waals surface area contributed by atoms with Crippen molar-refractivity contribution in [2.45, 2.75) is 36.1 Å². The molecule has 8 nitrogen and oxygen atoms in total. The highest BCUT2D eigenvalue weighted by atomic mass is 32.2. The summed E-state index contributed by atoms with van der Waals surface area (Å²) in [7, 11) is -3.68. The fraction of sp³-hybridized carbons (Fsp3) is 0.545. The van der Waals surface area contributed by atoms with Gasteiger partial charge in [-0.3, -0.25) is 0 Å². The monoisotopic (exact) mass is 326 g/mol. The summed E-state index contributed by atoms with van der Waals surface area (Å²) in [6.07, 6.45) is 3.71. The molecule has 10 heteroatoms. The Morgan fingerprint density at radius 3 is 2.76 bits per heavy atom. The molecule has 1 aliphatic heterocycles. The predicted octanol–water partition coefficient (Wildman–Crippen LogP) is 0.280. The molecule has 1 aliphatic carbocycles. The summed E-state index contributed by atoms with van der Waals surface area (Å²) in [5.41, 5.74) is 0. The van der Waals surface area contributed by atoms with Gasteiger partial charge in [-0.15, -0.1) is 10.2 Å². The van der Waals surface area contributed by atoms with Crippen LogP contribution in [0.3, 0.4) is 0 Å². The van der Waals surface area contributed by atoms with Crippen LogP contribution in [-0.4, -0.2) is 34.7 Å². The molecule has 0 bridgehead atoms. The maximum absolute atomic E-state index is 11.3. The molecule has 2 aliphatic rings. The van der Waals surface area contributed by atoms with Gasteiger partial charge in [0.2, 0.25) is 10.0 Å². The summed E-state index contributed by atoms with van der Waals surface area (Å²) in [4.78, 5) is 6.18. The number of sulfonamides is 1. The highest BCUT2D eigenvalue weighted by Gasteiger charge is 2.32. The van der Waals surface area contributed by atoms with Crippen molar-refractivity contribution in [3.05, 3.63) is 17.8 Å². The van der Waals surface area contributed by atoms with Gasteiger partial charge in [0.25, 0.3) is 0 Å². The second-order valence-corrected chi connectivity index (χ2v) is 8.13. The van der Waals surface area contributed by atoms with Gasteiger partial charge >= 0.3 is 0 Å². The number of nitrogens with two attached hydrogens (primary N) is 1. The van der Waals surface area contributed by atoms with Crippen molar-refractivity contribution in [1.82, 2.24) is 19.7 Å². The third kappa shape index (κ3) is 2.32. The first-order valence-electron chi connectivity index (χ1n) is 6.68. The first-order valence-corrected chi connectivity index (χ1v) is 9.04. The van der Waals surface area contributed by atoms with Crippen molar-refractivity contribution >= 4 is 26.5 Å². The molecule has 21 heavy (non-hydrogen) atoms. The van der Waals surface area contributed by atoms with Crippen LogP contribution in [0.25, 0.3) is 0 Å². The zero-order chi connectivity index (χ0) is 14.6. The van der Waals surface area contributed by atoms with E-state index in [1.807, 2.05) is 4.90 Å². The fourth-order valence-corrected chi connectivity index (χ4v) is 4.08. The molecule has 0 spiro atoms. The van der Waals surface area contributed by atoms with Gasteiger partial charge in [0, 0.05) is 19.0 Å². The molecule has 0 amide bonds. The van der Waals surface area contributed by atoms with Gasteiger partial charge in [0.05, 0.1) is 12.7 Å². The van der Waals surface area contributed by atoms with E-state index in [0.717, 1.165) is 36.1 Å². The van der Waals surface area contributed by atoms with Gasteiger partial charge in [-0.1, -0.05) is 11.3 Å². The van der Waals surface area contributed by atoms with Crippen LogP contribution in [0.15, 0.2) is 10.4 Å². The Morgan fingerprint density at radius 1 is 1.29 bits per heavy atom. The van der Waals surface area contributed by atoms with Gasteiger partial charge in [-0.05, 0) is 12.8 Å². The summed E-state index contributed by atoms with van der Waals surface area (Å²) >= 11 is 1.09. The first-order chi connectivity index (χ1) is 10.0. The van der Waals surface area contributed by atoms with E-state index in [1.54, 1.807) is 0 Å². The molecule has 2 aromatic heterocycles. The molecule has 0 unspecified atom stereocenters. The second-order valence-electron chi connectivity index (χ2n) is 5.33. The van der Waals surface area contributed by atoms with E-state index in [0.29, 0.717) is 17.6 Å². The van der Waals surface area contributed by atoms with Gasteiger partial charge in [-0.2, -0.15) is 0 Å². The van der Waals surface area contributed by atoms with Crippen LogP contribution in [0.1, 0.15) is 30.4 Å². The lowest BCUT2D eigenvalue weighted by molar-refractivity contribution is 0.543. The van der Waals surface area contributed by atoms with Gasteiger partial charge in [0.1, 0.15) is 5.82 Å². The van der Waals surface area contributed by atoms with Crippen LogP contribution in [0.5, 0.6) is 0 Å². The van der Waals surface area contributed by atoms with Gasteiger partial charge in [0.15, 0.2) is 15.2 Å². The number of primary sulfonamides is 1. The van der Waals surface area contributed by atoms with Crippen molar-refractivity contribution in [2.24, 2.45) is 5.14 Å². The third-order valence-corrected chi connectivity index (χ3v) is 6.21. The normalized spacial score (nSPS) is 18.8. The second kappa shape index (κ2) is 4.49. The number of nitrogens with zero attached hydrogens (tertiary/aromatic N) is 5. The standard InChI is InChI=1S/C11H14N6O2S2/c12-21(18,19)9-5-13-11(20-9)16-3-4-17-8(6-16)14-15-10(17)7-1-2-7/h5,7H,1-4,6H2,(H2,12,18,19). The number of anilines is 1. The highest BCUT2D eigenvalue weighted by molar-refractivity contribution is 7.91. The van der Waals surface area contributed by atoms with Crippen LogP contribution in [0.2, 0.25) is 0 Å². The van der Waals surface area contributed by atoms with Crippen LogP contribution in [0, 0.1) is 0 Å². The van der Waals surface area contributed by atoms with Crippen molar-refractivity contribution in [3.63, 3.8) is 0 Å². The fourth-order valence-electron chi connectivity index (χ4n) is 2.52. The van der Waals surface area contributed by atoms with Gasteiger partial charge in [-0.25, -0.2) is 18.5 Å². The summed E-state index contributed by atoms with van der Waals surface area (Å²) in [6, 6.07) is 0. The minimum atomic E-state index is -3.68. The molecule has 0 atom stereocenters. The van der Waals surface area contributed by atoms with Crippen LogP contribution < -0.4 is 10.0 Å². The molecule has 1 fully saturated rings. The SMILES string of the molecule is NS(=O)(=O)c1cnc(N2CCn3c(nnc3C3CC3)C2)s1. The average molecular weight is 326 g/mol. The van der Waals surface area contributed by atoms with Crippen LogP contribution in [-0.2, 0) is 23.1 Å². The Balaban J connectivity index is 1.59. The average Bonchev–Trinajstić information content (AvgIpc) is 3.01. The lowest BCUT2D eigenvalue weighted by Crippen LogP contribution is -2.34. The Morgan fingerprint density at radius 2 is 2.10 bits per heavy atom. The largest absolute Gasteiger partial charge is 0.339 e. The Hall–Kier alpha value is -1.52. The first kappa shape index (κ1) is 13.2.